The van der Waals surface area contributed by atoms with Crippen molar-refractivity contribution in [2.24, 2.45) is 0 Å². The minimum absolute atomic E-state index is 0.0943. The van der Waals surface area contributed by atoms with Crippen molar-refractivity contribution in [1.29, 1.82) is 0 Å². The fraction of sp³-hybridized carbons (Fsp3) is 0.200. The summed E-state index contributed by atoms with van der Waals surface area (Å²) in [5.74, 6) is 0.732. The summed E-state index contributed by atoms with van der Waals surface area (Å²) >= 11 is 0. The zero-order valence-electron chi connectivity index (χ0n) is 14.0. The molecular weight excluding hydrogens is 314 g/mol. The van der Waals surface area contributed by atoms with Gasteiger partial charge in [0, 0.05) is 16.8 Å². The third-order valence-electron chi connectivity index (χ3n) is 4.35. The molecular formula is C20H19N3O2. The molecule has 1 aliphatic rings. The first-order valence-corrected chi connectivity index (χ1v) is 8.40. The molecule has 1 aliphatic heterocycles. The molecule has 0 fully saturated rings. The van der Waals surface area contributed by atoms with Gasteiger partial charge in [-0.15, -0.1) is 0 Å². The summed E-state index contributed by atoms with van der Waals surface area (Å²) in [4.78, 5) is 12.5. The van der Waals surface area contributed by atoms with E-state index in [9.17, 15) is 4.79 Å². The van der Waals surface area contributed by atoms with E-state index in [0.717, 1.165) is 34.7 Å². The molecule has 1 aromatic heterocycles. The molecule has 0 radical (unpaired) electrons. The van der Waals surface area contributed by atoms with Crippen molar-refractivity contribution in [1.82, 2.24) is 9.78 Å². The Bertz CT molecular complexity index is 930. The minimum atomic E-state index is -0.0943. The van der Waals surface area contributed by atoms with Crippen LogP contribution in [0.3, 0.4) is 0 Å². The van der Waals surface area contributed by atoms with E-state index in [1.165, 1.54) is 5.56 Å². The normalized spacial score (nSPS) is 12.0. The number of rotatable bonds is 4. The van der Waals surface area contributed by atoms with Crippen LogP contribution in [0.5, 0.6) is 5.75 Å². The van der Waals surface area contributed by atoms with Gasteiger partial charge in [0.25, 0.3) is 0 Å². The number of nitrogens with zero attached hydrogens (tertiary/aromatic N) is 2. The Balaban J connectivity index is 1.56. The van der Waals surface area contributed by atoms with Gasteiger partial charge in [0.15, 0.2) is 0 Å². The number of benzene rings is 2. The number of aryl methyl sites for hydroxylation is 1. The smallest absolute Gasteiger partial charge is 0.246 e. The Morgan fingerprint density at radius 1 is 1.24 bits per heavy atom. The summed E-state index contributed by atoms with van der Waals surface area (Å²) in [7, 11) is 0. The third-order valence-corrected chi connectivity index (χ3v) is 4.35. The van der Waals surface area contributed by atoms with Crippen molar-refractivity contribution < 1.29 is 9.53 Å². The summed E-state index contributed by atoms with van der Waals surface area (Å²) in [5, 5.41) is 7.34. The molecule has 1 N–H and O–H groups in total. The lowest BCUT2D eigenvalue weighted by molar-refractivity contribution is -0.116. The van der Waals surface area contributed by atoms with Gasteiger partial charge < -0.3 is 10.1 Å². The molecule has 25 heavy (non-hydrogen) atoms. The topological polar surface area (TPSA) is 56.2 Å². The van der Waals surface area contributed by atoms with Crippen LogP contribution >= 0.6 is 0 Å². The quantitative estimate of drug-likeness (QED) is 0.793. The lowest BCUT2D eigenvalue weighted by Gasteiger charge is -2.19. The molecule has 3 aromatic rings. The summed E-state index contributed by atoms with van der Waals surface area (Å²) < 4.78 is 7.48. The van der Waals surface area contributed by atoms with Gasteiger partial charge >= 0.3 is 0 Å². The van der Waals surface area contributed by atoms with Crippen molar-refractivity contribution in [3.8, 4) is 17.0 Å². The van der Waals surface area contributed by atoms with Gasteiger partial charge in [-0.25, -0.2) is 0 Å². The predicted octanol–water partition coefficient (Wildman–Crippen LogP) is 3.64. The fourth-order valence-electron chi connectivity index (χ4n) is 3.11. The van der Waals surface area contributed by atoms with Crippen LogP contribution in [0.4, 0.5) is 5.69 Å². The van der Waals surface area contributed by atoms with Gasteiger partial charge in [-0.1, -0.05) is 31.2 Å². The molecule has 0 atom stereocenters. The highest BCUT2D eigenvalue weighted by Gasteiger charge is 2.22. The largest absolute Gasteiger partial charge is 0.488 e. The average Bonchev–Trinajstić information content (AvgIpc) is 3.05. The van der Waals surface area contributed by atoms with Crippen LogP contribution in [0.25, 0.3) is 11.3 Å². The second-order valence-electron chi connectivity index (χ2n) is 6.06. The van der Waals surface area contributed by atoms with E-state index in [0.29, 0.717) is 6.61 Å². The van der Waals surface area contributed by atoms with E-state index in [1.54, 1.807) is 10.9 Å². The number of hydrogen-bond donors (Lipinski definition) is 1. The predicted molar refractivity (Wildman–Crippen MR) is 96.4 cm³/mol. The molecule has 1 amide bonds. The molecule has 0 bridgehead atoms. The first kappa shape index (κ1) is 15.4. The van der Waals surface area contributed by atoms with Gasteiger partial charge in [-0.05, 0) is 36.2 Å². The third kappa shape index (κ3) is 3.01. The standard InChI is InChI=1S/C20H19N3O2/c1-2-14-6-5-7-16(10-14)22-19(24)12-23-20-15(11-21-23)13-25-18-9-4-3-8-17(18)20/h3-11H,2,12-13H2,1H3,(H,22,24). The number of para-hydroxylation sites is 1. The zero-order valence-corrected chi connectivity index (χ0v) is 14.0. The molecule has 0 aliphatic carbocycles. The summed E-state index contributed by atoms with van der Waals surface area (Å²) in [6.07, 6.45) is 2.71. The maximum atomic E-state index is 12.5. The van der Waals surface area contributed by atoms with Crippen LogP contribution in [-0.2, 0) is 24.4 Å². The number of aromatic nitrogens is 2. The first-order valence-electron chi connectivity index (χ1n) is 8.40. The number of fused-ring (bicyclic) bond motifs is 3. The number of nitrogens with one attached hydrogen (secondary N) is 1. The molecule has 126 valence electrons. The number of carbonyl (C=O) groups excluding carboxylic acids is 1. The Labute approximate surface area is 146 Å². The monoisotopic (exact) mass is 333 g/mol. The molecule has 2 aromatic carbocycles. The summed E-state index contributed by atoms with van der Waals surface area (Å²) in [6, 6.07) is 15.7. The maximum absolute atomic E-state index is 12.5. The average molecular weight is 333 g/mol. The van der Waals surface area contributed by atoms with Crippen LogP contribution in [0.2, 0.25) is 0 Å². The van der Waals surface area contributed by atoms with E-state index in [-0.39, 0.29) is 12.5 Å². The Kier molecular flexibility index (Phi) is 3.98. The number of ether oxygens (including phenoxy) is 1. The van der Waals surface area contributed by atoms with E-state index in [2.05, 4.69) is 23.4 Å². The Hall–Kier alpha value is -3.08. The molecule has 5 nitrogen and oxygen atoms in total. The van der Waals surface area contributed by atoms with E-state index < -0.39 is 0 Å². The Morgan fingerprint density at radius 3 is 3.00 bits per heavy atom. The van der Waals surface area contributed by atoms with E-state index >= 15 is 0 Å². The van der Waals surface area contributed by atoms with Crippen molar-refractivity contribution >= 4 is 11.6 Å². The van der Waals surface area contributed by atoms with Gasteiger partial charge in [-0.3, -0.25) is 9.48 Å². The van der Waals surface area contributed by atoms with E-state index in [4.69, 9.17) is 4.74 Å². The summed E-state index contributed by atoms with van der Waals surface area (Å²) in [5.41, 5.74) is 4.94. The highest BCUT2D eigenvalue weighted by atomic mass is 16.5. The highest BCUT2D eigenvalue weighted by Crippen LogP contribution is 2.36. The van der Waals surface area contributed by atoms with Gasteiger partial charge in [0.2, 0.25) is 5.91 Å². The number of carbonyl (C=O) groups is 1. The van der Waals surface area contributed by atoms with Gasteiger partial charge in [-0.2, -0.15) is 5.10 Å². The van der Waals surface area contributed by atoms with Crippen molar-refractivity contribution in [2.45, 2.75) is 26.5 Å². The molecule has 0 saturated heterocycles. The van der Waals surface area contributed by atoms with Crippen LogP contribution in [0, 0.1) is 0 Å². The number of hydrogen-bond acceptors (Lipinski definition) is 3. The fourth-order valence-corrected chi connectivity index (χ4v) is 3.11. The SMILES string of the molecule is CCc1cccc(NC(=O)Cn2ncc3c2-c2ccccc2OC3)c1. The van der Waals surface area contributed by atoms with Crippen LogP contribution in [0.1, 0.15) is 18.1 Å². The number of amides is 1. The minimum Gasteiger partial charge on any atom is -0.488 e. The molecule has 0 saturated carbocycles. The molecule has 2 heterocycles. The molecule has 5 heteroatoms. The van der Waals surface area contributed by atoms with Crippen molar-refractivity contribution in [2.75, 3.05) is 5.32 Å². The first-order chi connectivity index (χ1) is 12.2. The van der Waals surface area contributed by atoms with Crippen molar-refractivity contribution in [3.05, 3.63) is 65.9 Å². The van der Waals surface area contributed by atoms with Gasteiger partial charge in [0.1, 0.15) is 18.9 Å². The Morgan fingerprint density at radius 2 is 2.12 bits per heavy atom. The maximum Gasteiger partial charge on any atom is 0.246 e. The number of anilines is 1. The highest BCUT2D eigenvalue weighted by molar-refractivity contribution is 5.91. The molecule has 0 spiro atoms. The lowest BCUT2D eigenvalue weighted by atomic mass is 10.0. The van der Waals surface area contributed by atoms with Crippen molar-refractivity contribution in [3.63, 3.8) is 0 Å². The van der Waals surface area contributed by atoms with Crippen LogP contribution < -0.4 is 10.1 Å². The van der Waals surface area contributed by atoms with E-state index in [1.807, 2.05) is 42.5 Å². The summed E-state index contributed by atoms with van der Waals surface area (Å²) in [6.45, 7) is 2.74. The molecule has 0 unspecified atom stereocenters. The molecule has 4 rings (SSSR count). The lowest BCUT2D eigenvalue weighted by Crippen LogP contribution is -2.21. The van der Waals surface area contributed by atoms with Crippen LogP contribution in [-0.4, -0.2) is 15.7 Å². The van der Waals surface area contributed by atoms with Gasteiger partial charge in [0.05, 0.1) is 11.9 Å². The second-order valence-corrected chi connectivity index (χ2v) is 6.06. The zero-order chi connectivity index (χ0) is 17.2. The second kappa shape index (κ2) is 6.43. The van der Waals surface area contributed by atoms with Crippen LogP contribution in [0.15, 0.2) is 54.7 Å².